The Kier molecular flexibility index (Phi) is 11.1. The summed E-state index contributed by atoms with van der Waals surface area (Å²) in [5, 5.41) is 46.5. The number of halogens is 2. The minimum Gasteiger partial charge on any atom is -0.508 e. The van der Waals surface area contributed by atoms with Crippen LogP contribution in [0.5, 0.6) is 11.5 Å². The van der Waals surface area contributed by atoms with Crippen LogP contribution in [-0.2, 0) is 23.9 Å². The van der Waals surface area contributed by atoms with Crippen LogP contribution in [0.4, 0.5) is 14.5 Å². The summed E-state index contributed by atoms with van der Waals surface area (Å²) in [5.74, 6) is -8.20. The van der Waals surface area contributed by atoms with Gasteiger partial charge >= 0.3 is 23.9 Å². The lowest BCUT2D eigenvalue weighted by Crippen LogP contribution is -2.37. The van der Waals surface area contributed by atoms with Crippen molar-refractivity contribution in [3.05, 3.63) is 64.3 Å². The third-order valence-corrected chi connectivity index (χ3v) is 6.78. The van der Waals surface area contributed by atoms with Crippen LogP contribution in [0.2, 0.25) is 0 Å². The Hall–Kier alpha value is -5.81. The number of aliphatic carboxylic acids is 4. The van der Waals surface area contributed by atoms with E-state index in [0.29, 0.717) is 6.07 Å². The van der Waals surface area contributed by atoms with Crippen molar-refractivity contribution < 1.29 is 67.4 Å². The van der Waals surface area contributed by atoms with Gasteiger partial charge in [-0.25, -0.2) is 8.78 Å². The minimum absolute atomic E-state index is 0.0210. The molecule has 0 spiro atoms. The Morgan fingerprint density at radius 1 is 0.750 bits per heavy atom. The third kappa shape index (κ3) is 8.71. The fourth-order valence-corrected chi connectivity index (χ4v) is 5.01. The van der Waals surface area contributed by atoms with Gasteiger partial charge in [-0.05, 0) is 17.7 Å². The predicted octanol–water partition coefficient (Wildman–Crippen LogP) is 2.39. The Bertz CT molecular complexity index is 1860. The van der Waals surface area contributed by atoms with Gasteiger partial charge in [0, 0.05) is 36.4 Å². The van der Waals surface area contributed by atoms with Crippen molar-refractivity contribution in [2.75, 3.05) is 57.4 Å². The zero-order valence-corrected chi connectivity index (χ0v) is 24.9. The molecule has 0 amide bonds. The van der Waals surface area contributed by atoms with Gasteiger partial charge in [-0.2, -0.15) is 0 Å². The van der Waals surface area contributed by atoms with E-state index in [9.17, 15) is 39.3 Å². The number of anilines is 1. The highest BCUT2D eigenvalue weighted by Crippen LogP contribution is 2.45. The molecule has 4 rings (SSSR count). The molecule has 48 heavy (non-hydrogen) atoms. The maximum Gasteiger partial charge on any atom is 0.323 e. The van der Waals surface area contributed by atoms with Crippen molar-refractivity contribution in [1.29, 1.82) is 0 Å². The van der Waals surface area contributed by atoms with Gasteiger partial charge in [0.1, 0.15) is 54.2 Å². The first kappa shape index (κ1) is 35.1. The van der Waals surface area contributed by atoms with E-state index < -0.39 is 72.9 Å². The lowest BCUT2D eigenvalue weighted by molar-refractivity contribution is -0.142. The number of hydrogen-bond donors (Lipinski definition) is 5. The minimum atomic E-state index is -1.37. The molecule has 2 aromatic rings. The number of carboxylic acids is 4. The van der Waals surface area contributed by atoms with Crippen LogP contribution in [0.25, 0.3) is 33.4 Å². The molecule has 0 fully saturated rings. The molecule has 1 aliphatic heterocycles. The maximum atomic E-state index is 15.4. The topological polar surface area (TPSA) is 225 Å². The van der Waals surface area contributed by atoms with Gasteiger partial charge in [0.25, 0.3) is 0 Å². The Balaban J connectivity index is 1.74. The van der Waals surface area contributed by atoms with E-state index in [1.165, 1.54) is 18.2 Å². The molecule has 0 aromatic heterocycles. The van der Waals surface area contributed by atoms with Crippen LogP contribution in [0, 0.1) is 11.6 Å². The molecule has 1 heterocycles. The van der Waals surface area contributed by atoms with Crippen LogP contribution in [0.15, 0.2) is 51.7 Å². The Morgan fingerprint density at radius 3 is 2.02 bits per heavy atom. The lowest BCUT2D eigenvalue weighted by Gasteiger charge is -2.25. The molecular formula is C31H28F2N2O13. The molecule has 0 radical (unpaired) electrons. The third-order valence-electron chi connectivity index (χ3n) is 6.78. The summed E-state index contributed by atoms with van der Waals surface area (Å²) in [7, 11) is 0. The standard InChI is InChI=1S/C31H28F2N2O13/c32-19-8-17(36)10-23-30(19)29(31-20(33)9-18(37)11-24(31)48-23)16-1-2-21(35(14-27(42)43)15-28(44)45)22(7-16)47-6-5-46-4-3-34(12-25(38)39)13-26(40)41/h1-2,7-11,36H,3-6,12-15H2,(H,38,39)(H,40,41)(H,42,43)(H,44,45). The fourth-order valence-electron chi connectivity index (χ4n) is 5.01. The van der Waals surface area contributed by atoms with E-state index in [1.54, 1.807) is 0 Å². The average Bonchev–Trinajstić information content (AvgIpc) is 2.96. The van der Waals surface area contributed by atoms with Gasteiger partial charge in [0.05, 0.1) is 42.9 Å². The molecule has 2 aromatic carbocycles. The first-order valence-corrected chi connectivity index (χ1v) is 14.0. The highest BCUT2D eigenvalue weighted by Gasteiger charge is 2.26. The zero-order valence-electron chi connectivity index (χ0n) is 24.9. The Morgan fingerprint density at radius 2 is 1.40 bits per heavy atom. The highest BCUT2D eigenvalue weighted by atomic mass is 19.1. The molecule has 0 saturated heterocycles. The first-order valence-electron chi connectivity index (χ1n) is 14.0. The molecular weight excluding hydrogens is 646 g/mol. The fraction of sp³-hybridized carbons (Fsp3) is 0.258. The van der Waals surface area contributed by atoms with Crippen LogP contribution < -0.4 is 15.1 Å². The van der Waals surface area contributed by atoms with Crippen molar-refractivity contribution in [2.24, 2.45) is 0 Å². The van der Waals surface area contributed by atoms with E-state index in [2.05, 4.69) is 0 Å². The van der Waals surface area contributed by atoms with Crippen LogP contribution in [-0.4, -0.2) is 107 Å². The lowest BCUT2D eigenvalue weighted by atomic mass is 9.92. The molecule has 5 N–H and O–H groups in total. The number of phenolic OH excluding ortho intramolecular Hbond substituents is 1. The van der Waals surface area contributed by atoms with Crippen molar-refractivity contribution in [3.8, 4) is 33.9 Å². The van der Waals surface area contributed by atoms with Crippen molar-refractivity contribution in [2.45, 2.75) is 0 Å². The number of hydrogen-bond acceptors (Lipinski definition) is 11. The first-order chi connectivity index (χ1) is 22.7. The summed E-state index contributed by atoms with van der Waals surface area (Å²) in [5.41, 5.74) is -1.35. The summed E-state index contributed by atoms with van der Waals surface area (Å²) in [4.78, 5) is 59.4. The molecule has 15 nitrogen and oxygen atoms in total. The van der Waals surface area contributed by atoms with E-state index in [1.807, 2.05) is 0 Å². The van der Waals surface area contributed by atoms with Gasteiger partial charge in [0.15, 0.2) is 5.43 Å². The average molecular weight is 675 g/mol. The van der Waals surface area contributed by atoms with Crippen molar-refractivity contribution >= 4 is 40.5 Å². The molecule has 1 aliphatic carbocycles. The summed E-state index contributed by atoms with van der Waals surface area (Å²) in [6, 6.07) is 7.37. The smallest absolute Gasteiger partial charge is 0.323 e. The normalized spacial score (nSPS) is 11.2. The number of benzene rings is 3. The molecule has 0 bridgehead atoms. The zero-order chi connectivity index (χ0) is 35.1. The van der Waals surface area contributed by atoms with Gasteiger partial charge in [-0.15, -0.1) is 0 Å². The van der Waals surface area contributed by atoms with Crippen molar-refractivity contribution in [1.82, 2.24) is 4.90 Å². The molecule has 0 saturated carbocycles. The summed E-state index contributed by atoms with van der Waals surface area (Å²) in [6.45, 7) is -3.18. The van der Waals surface area contributed by atoms with Crippen LogP contribution in [0.1, 0.15) is 0 Å². The quantitative estimate of drug-likeness (QED) is 0.0801. The number of phenols is 1. The molecule has 17 heteroatoms. The second kappa shape index (κ2) is 15.2. The van der Waals surface area contributed by atoms with E-state index >= 15 is 8.78 Å². The van der Waals surface area contributed by atoms with Crippen molar-refractivity contribution in [3.63, 3.8) is 0 Å². The van der Waals surface area contributed by atoms with Gasteiger partial charge in [-0.3, -0.25) is 28.9 Å². The molecule has 0 atom stereocenters. The summed E-state index contributed by atoms with van der Waals surface area (Å²) in [6.07, 6.45) is 0. The maximum absolute atomic E-state index is 15.4. The molecule has 254 valence electrons. The number of nitrogens with zero attached hydrogens (tertiary/aromatic N) is 2. The number of ether oxygens (including phenoxy) is 2. The van der Waals surface area contributed by atoms with E-state index in [4.69, 9.17) is 24.1 Å². The van der Waals surface area contributed by atoms with Gasteiger partial charge < -0.3 is 44.3 Å². The van der Waals surface area contributed by atoms with E-state index in [-0.39, 0.29) is 71.2 Å². The van der Waals surface area contributed by atoms with Crippen LogP contribution >= 0.6 is 0 Å². The van der Waals surface area contributed by atoms with E-state index in [0.717, 1.165) is 28.0 Å². The predicted molar refractivity (Wildman–Crippen MR) is 162 cm³/mol. The second-order valence-electron chi connectivity index (χ2n) is 10.3. The monoisotopic (exact) mass is 674 g/mol. The second-order valence-corrected chi connectivity index (χ2v) is 10.3. The van der Waals surface area contributed by atoms with Gasteiger partial charge in [0.2, 0.25) is 0 Å². The number of fused-ring (bicyclic) bond motifs is 2. The largest absolute Gasteiger partial charge is 0.508 e. The SMILES string of the molecule is O=C(O)CN(CCOCCOc1cc(-c2c3c(F)cc(=O)cc-3oc3cc(O)cc(F)c23)ccc1N(CC(=O)O)CC(=O)O)CC(=O)O. The number of carbonyl (C=O) groups is 4. The number of carboxylic acid groups (broad SMARTS) is 4. The van der Waals surface area contributed by atoms with Gasteiger partial charge in [-0.1, -0.05) is 6.07 Å². The highest BCUT2D eigenvalue weighted by molar-refractivity contribution is 6.03. The number of aromatic hydroxyl groups is 1. The summed E-state index contributed by atoms with van der Waals surface area (Å²) >= 11 is 0. The molecule has 2 aliphatic rings. The molecule has 0 unspecified atom stereocenters. The van der Waals surface area contributed by atoms with Crippen LogP contribution in [0.3, 0.4) is 0 Å². The Labute approximate surface area is 268 Å². The number of rotatable bonds is 17. The summed E-state index contributed by atoms with van der Waals surface area (Å²) < 4.78 is 47.6.